The van der Waals surface area contributed by atoms with Crippen molar-refractivity contribution < 1.29 is 9.90 Å². The van der Waals surface area contributed by atoms with Crippen LogP contribution < -0.4 is 5.32 Å². The first-order chi connectivity index (χ1) is 9.61. The lowest BCUT2D eigenvalue weighted by atomic mass is 10.1. The third-order valence-corrected chi connectivity index (χ3v) is 3.94. The molecule has 104 valence electrons. The van der Waals surface area contributed by atoms with Crippen LogP contribution in [-0.4, -0.2) is 17.3 Å². The summed E-state index contributed by atoms with van der Waals surface area (Å²) in [7, 11) is 0. The normalized spacial score (nSPS) is 11.9. The van der Waals surface area contributed by atoms with E-state index in [0.29, 0.717) is 16.3 Å². The zero-order chi connectivity index (χ0) is 14.5. The van der Waals surface area contributed by atoms with Gasteiger partial charge in [-0.3, -0.25) is 0 Å². The highest BCUT2D eigenvalue weighted by molar-refractivity contribution is 7.98. The summed E-state index contributed by atoms with van der Waals surface area (Å²) < 4.78 is 0. The van der Waals surface area contributed by atoms with Crippen molar-refractivity contribution in [3.8, 4) is 0 Å². The lowest BCUT2D eigenvalue weighted by Crippen LogP contribution is -2.20. The zero-order valence-corrected chi connectivity index (χ0v) is 12.4. The highest BCUT2D eigenvalue weighted by atomic mass is 35.5. The number of thioether (sulfide) groups is 1. The van der Waals surface area contributed by atoms with Gasteiger partial charge in [0, 0.05) is 4.90 Å². The SMILES string of the molecule is CSc1ccc(C(Nc2ccccc2Cl)C(=O)O)cc1. The molecule has 0 saturated heterocycles. The quantitative estimate of drug-likeness (QED) is 0.809. The molecule has 0 aliphatic rings. The van der Waals surface area contributed by atoms with Crippen LogP contribution in [0.2, 0.25) is 5.02 Å². The molecule has 0 bridgehead atoms. The molecular weight excluding hydrogens is 294 g/mol. The molecule has 20 heavy (non-hydrogen) atoms. The van der Waals surface area contributed by atoms with Gasteiger partial charge in [-0.05, 0) is 36.1 Å². The largest absolute Gasteiger partial charge is 0.479 e. The molecule has 0 aromatic heterocycles. The number of halogens is 1. The molecule has 2 aromatic rings. The van der Waals surface area contributed by atoms with Gasteiger partial charge in [-0.1, -0.05) is 35.9 Å². The maximum Gasteiger partial charge on any atom is 0.330 e. The van der Waals surface area contributed by atoms with E-state index in [1.54, 1.807) is 30.0 Å². The predicted molar refractivity (Wildman–Crippen MR) is 83.7 cm³/mol. The number of benzene rings is 2. The summed E-state index contributed by atoms with van der Waals surface area (Å²) in [5, 5.41) is 12.9. The van der Waals surface area contributed by atoms with E-state index in [4.69, 9.17) is 11.6 Å². The van der Waals surface area contributed by atoms with Crippen molar-refractivity contribution in [2.75, 3.05) is 11.6 Å². The molecule has 1 unspecified atom stereocenters. The van der Waals surface area contributed by atoms with Crippen LogP contribution in [0.3, 0.4) is 0 Å². The number of hydrogen-bond donors (Lipinski definition) is 2. The lowest BCUT2D eigenvalue weighted by Gasteiger charge is -2.17. The number of aliphatic carboxylic acids is 1. The van der Waals surface area contributed by atoms with Crippen molar-refractivity contribution >= 4 is 35.0 Å². The number of carboxylic acids is 1. The number of para-hydroxylation sites is 1. The molecule has 0 amide bonds. The standard InChI is InChI=1S/C15H14ClNO2S/c1-20-11-8-6-10(7-9-11)14(15(18)19)17-13-5-3-2-4-12(13)16/h2-9,14,17H,1H3,(H,18,19). The van der Waals surface area contributed by atoms with Crippen molar-refractivity contribution in [1.82, 2.24) is 0 Å². The van der Waals surface area contributed by atoms with Gasteiger partial charge >= 0.3 is 5.97 Å². The van der Waals surface area contributed by atoms with E-state index in [0.717, 1.165) is 4.90 Å². The molecular formula is C15H14ClNO2S. The second kappa shape index (κ2) is 6.68. The third kappa shape index (κ3) is 3.46. The topological polar surface area (TPSA) is 49.3 Å². The Bertz CT molecular complexity index is 601. The highest BCUT2D eigenvalue weighted by Gasteiger charge is 2.20. The number of nitrogens with one attached hydrogen (secondary N) is 1. The van der Waals surface area contributed by atoms with E-state index in [9.17, 15) is 9.90 Å². The molecule has 1 atom stereocenters. The fourth-order valence-electron chi connectivity index (χ4n) is 1.82. The minimum absolute atomic E-state index is 0.500. The molecule has 2 rings (SSSR count). The maximum atomic E-state index is 11.5. The van der Waals surface area contributed by atoms with Crippen LogP contribution in [0, 0.1) is 0 Å². The minimum atomic E-state index is -0.943. The Hall–Kier alpha value is -1.65. The highest BCUT2D eigenvalue weighted by Crippen LogP contribution is 2.27. The Morgan fingerprint density at radius 1 is 1.20 bits per heavy atom. The van der Waals surface area contributed by atoms with Gasteiger partial charge in [-0.2, -0.15) is 0 Å². The molecule has 2 aromatic carbocycles. The first-order valence-electron chi connectivity index (χ1n) is 5.99. The zero-order valence-electron chi connectivity index (χ0n) is 10.8. The Morgan fingerprint density at radius 2 is 1.85 bits per heavy atom. The van der Waals surface area contributed by atoms with E-state index in [2.05, 4.69) is 5.32 Å². The lowest BCUT2D eigenvalue weighted by molar-refractivity contribution is -0.138. The summed E-state index contributed by atoms with van der Waals surface area (Å²) in [5.74, 6) is -0.943. The van der Waals surface area contributed by atoms with Crippen LogP contribution in [-0.2, 0) is 4.79 Å². The number of hydrogen-bond acceptors (Lipinski definition) is 3. The average molecular weight is 308 g/mol. The second-order valence-corrected chi connectivity index (χ2v) is 5.46. The van der Waals surface area contributed by atoms with Gasteiger partial charge in [-0.15, -0.1) is 11.8 Å². The van der Waals surface area contributed by atoms with Crippen LogP contribution >= 0.6 is 23.4 Å². The molecule has 3 nitrogen and oxygen atoms in total. The fourth-order valence-corrected chi connectivity index (χ4v) is 2.42. The second-order valence-electron chi connectivity index (χ2n) is 4.17. The molecule has 0 aliphatic heterocycles. The number of carbonyl (C=O) groups is 1. The van der Waals surface area contributed by atoms with Crippen LogP contribution in [0.4, 0.5) is 5.69 Å². The molecule has 0 fully saturated rings. The van der Waals surface area contributed by atoms with Gasteiger partial charge in [0.2, 0.25) is 0 Å². The Kier molecular flexibility index (Phi) is 4.93. The molecule has 0 saturated carbocycles. The van der Waals surface area contributed by atoms with Gasteiger partial charge in [0.25, 0.3) is 0 Å². The number of anilines is 1. The monoisotopic (exact) mass is 307 g/mol. The van der Waals surface area contributed by atoms with E-state index in [1.807, 2.05) is 36.6 Å². The molecule has 2 N–H and O–H groups in total. The Labute approximate surface area is 127 Å². The summed E-state index contributed by atoms with van der Waals surface area (Å²) >= 11 is 7.66. The molecule has 0 heterocycles. The van der Waals surface area contributed by atoms with Gasteiger partial charge in [0.05, 0.1) is 10.7 Å². The van der Waals surface area contributed by atoms with Crippen LogP contribution in [0.25, 0.3) is 0 Å². The van der Waals surface area contributed by atoms with E-state index < -0.39 is 12.0 Å². The summed E-state index contributed by atoms with van der Waals surface area (Å²) in [4.78, 5) is 12.6. The Balaban J connectivity index is 2.27. The van der Waals surface area contributed by atoms with Gasteiger partial charge in [0.1, 0.15) is 0 Å². The third-order valence-electron chi connectivity index (χ3n) is 2.87. The van der Waals surface area contributed by atoms with Crippen molar-refractivity contribution in [3.05, 3.63) is 59.1 Å². The van der Waals surface area contributed by atoms with E-state index >= 15 is 0 Å². The van der Waals surface area contributed by atoms with Gasteiger partial charge < -0.3 is 10.4 Å². The average Bonchev–Trinajstić information content (AvgIpc) is 2.46. The number of rotatable bonds is 5. The van der Waals surface area contributed by atoms with Crippen molar-refractivity contribution in [2.45, 2.75) is 10.9 Å². The summed E-state index contributed by atoms with van der Waals surface area (Å²) in [6, 6.07) is 13.7. The maximum absolute atomic E-state index is 11.5. The molecule has 5 heteroatoms. The summed E-state index contributed by atoms with van der Waals surface area (Å²) in [6.07, 6.45) is 1.98. The number of carboxylic acid groups (broad SMARTS) is 1. The molecule has 0 aliphatic carbocycles. The first kappa shape index (κ1) is 14.8. The predicted octanol–water partition coefficient (Wildman–Crippen LogP) is 4.30. The molecule has 0 radical (unpaired) electrons. The minimum Gasteiger partial charge on any atom is -0.479 e. The first-order valence-corrected chi connectivity index (χ1v) is 7.60. The van der Waals surface area contributed by atoms with Crippen LogP contribution in [0.15, 0.2) is 53.4 Å². The molecule has 0 spiro atoms. The van der Waals surface area contributed by atoms with Crippen LogP contribution in [0.5, 0.6) is 0 Å². The van der Waals surface area contributed by atoms with E-state index in [-0.39, 0.29) is 0 Å². The Morgan fingerprint density at radius 3 is 2.40 bits per heavy atom. The van der Waals surface area contributed by atoms with E-state index in [1.165, 1.54) is 0 Å². The summed E-state index contributed by atoms with van der Waals surface area (Å²) in [6.45, 7) is 0. The van der Waals surface area contributed by atoms with Crippen molar-refractivity contribution in [3.63, 3.8) is 0 Å². The van der Waals surface area contributed by atoms with Gasteiger partial charge in [0.15, 0.2) is 6.04 Å². The van der Waals surface area contributed by atoms with Gasteiger partial charge in [-0.25, -0.2) is 4.79 Å². The van der Waals surface area contributed by atoms with Crippen molar-refractivity contribution in [1.29, 1.82) is 0 Å². The smallest absolute Gasteiger partial charge is 0.330 e. The van der Waals surface area contributed by atoms with Crippen molar-refractivity contribution in [2.24, 2.45) is 0 Å². The summed E-state index contributed by atoms with van der Waals surface area (Å²) in [5.41, 5.74) is 1.30. The fraction of sp³-hybridized carbons (Fsp3) is 0.133. The van der Waals surface area contributed by atoms with Crippen LogP contribution in [0.1, 0.15) is 11.6 Å².